The van der Waals surface area contributed by atoms with Crippen molar-refractivity contribution in [2.24, 2.45) is 0 Å². The van der Waals surface area contributed by atoms with Crippen LogP contribution in [0.15, 0.2) is 18.6 Å². The number of rotatable bonds is 5. The first kappa shape index (κ1) is 14.3. The van der Waals surface area contributed by atoms with Crippen LogP contribution in [-0.2, 0) is 0 Å². The summed E-state index contributed by atoms with van der Waals surface area (Å²) in [6.45, 7) is 7.81. The third-order valence-electron chi connectivity index (χ3n) is 5.06. The molecule has 0 spiro atoms. The van der Waals surface area contributed by atoms with E-state index in [9.17, 15) is 0 Å². The molecule has 2 aromatic heterocycles. The summed E-state index contributed by atoms with van der Waals surface area (Å²) < 4.78 is 0. The van der Waals surface area contributed by atoms with Crippen molar-refractivity contribution in [1.82, 2.24) is 19.9 Å². The molecule has 1 saturated heterocycles. The monoisotopic (exact) mass is 287 g/mol. The number of nitrogens with zero attached hydrogens (tertiary/aromatic N) is 4. The molecule has 114 valence electrons. The van der Waals surface area contributed by atoms with E-state index in [1.54, 1.807) is 6.33 Å². The Bertz CT molecular complexity index is 607. The Morgan fingerprint density at radius 2 is 2.29 bits per heavy atom. The van der Waals surface area contributed by atoms with Crippen LogP contribution in [0.4, 0.5) is 5.82 Å². The van der Waals surface area contributed by atoms with Gasteiger partial charge in [-0.2, -0.15) is 0 Å². The summed E-state index contributed by atoms with van der Waals surface area (Å²) in [7, 11) is 2.25. The van der Waals surface area contributed by atoms with Crippen molar-refractivity contribution in [2.45, 2.75) is 38.6 Å². The second kappa shape index (κ2) is 5.64. The summed E-state index contributed by atoms with van der Waals surface area (Å²) in [5.74, 6) is 1.05. The molecule has 21 heavy (non-hydrogen) atoms. The highest BCUT2D eigenvalue weighted by Gasteiger charge is 2.33. The molecule has 0 amide bonds. The Hall–Kier alpha value is -1.62. The van der Waals surface area contributed by atoms with Gasteiger partial charge >= 0.3 is 0 Å². The number of anilines is 1. The summed E-state index contributed by atoms with van der Waals surface area (Å²) in [4.78, 5) is 16.8. The summed E-state index contributed by atoms with van der Waals surface area (Å²) >= 11 is 0. The highest BCUT2D eigenvalue weighted by atomic mass is 15.2. The van der Waals surface area contributed by atoms with Crippen molar-refractivity contribution >= 4 is 16.9 Å². The van der Waals surface area contributed by atoms with E-state index in [-0.39, 0.29) is 0 Å². The number of aromatic amines is 1. The third-order valence-corrected chi connectivity index (χ3v) is 5.06. The van der Waals surface area contributed by atoms with Gasteiger partial charge in [0.25, 0.3) is 0 Å². The molecule has 1 aliphatic heterocycles. The topological polar surface area (TPSA) is 48.1 Å². The van der Waals surface area contributed by atoms with Gasteiger partial charge in [-0.15, -0.1) is 0 Å². The van der Waals surface area contributed by atoms with Crippen LogP contribution in [0.5, 0.6) is 0 Å². The van der Waals surface area contributed by atoms with Crippen molar-refractivity contribution in [2.75, 3.05) is 31.6 Å². The molecular weight excluding hydrogens is 262 g/mol. The Kier molecular flexibility index (Phi) is 3.85. The lowest BCUT2D eigenvalue weighted by molar-refractivity contribution is 0.184. The van der Waals surface area contributed by atoms with Crippen LogP contribution in [0.2, 0.25) is 0 Å². The predicted octanol–water partition coefficient (Wildman–Crippen LogP) is 2.66. The van der Waals surface area contributed by atoms with Gasteiger partial charge in [0.2, 0.25) is 0 Å². The molecule has 0 bridgehead atoms. The molecule has 0 aromatic carbocycles. The second-order valence-electron chi connectivity index (χ2n) is 6.29. The summed E-state index contributed by atoms with van der Waals surface area (Å²) in [5.41, 5.74) is 1.25. The fraction of sp³-hybridized carbons (Fsp3) is 0.625. The lowest BCUT2D eigenvalue weighted by Crippen LogP contribution is -2.41. The standard InChI is InChI=1S/C16H25N5/c1-4-21(11-8-16(2)7-5-10-20(16)3)15-13-6-9-17-14(13)18-12-19-15/h6,9,12H,4-5,7-8,10-11H2,1-3H3,(H,17,18,19). The minimum atomic E-state index is 0.331. The summed E-state index contributed by atoms with van der Waals surface area (Å²) in [6.07, 6.45) is 7.37. The molecule has 3 heterocycles. The molecule has 5 nitrogen and oxygen atoms in total. The zero-order valence-electron chi connectivity index (χ0n) is 13.3. The lowest BCUT2D eigenvalue weighted by atomic mass is 9.94. The van der Waals surface area contributed by atoms with Crippen molar-refractivity contribution in [3.63, 3.8) is 0 Å². The van der Waals surface area contributed by atoms with Crippen molar-refractivity contribution in [1.29, 1.82) is 0 Å². The number of hydrogen-bond acceptors (Lipinski definition) is 4. The quantitative estimate of drug-likeness (QED) is 0.918. The average Bonchev–Trinajstić information content (AvgIpc) is 3.08. The van der Waals surface area contributed by atoms with Gasteiger partial charge < -0.3 is 14.8 Å². The van der Waals surface area contributed by atoms with E-state index < -0.39 is 0 Å². The fourth-order valence-corrected chi connectivity index (χ4v) is 3.37. The fourth-order valence-electron chi connectivity index (χ4n) is 3.37. The first-order valence-electron chi connectivity index (χ1n) is 7.88. The van der Waals surface area contributed by atoms with Crippen LogP contribution in [-0.4, -0.2) is 52.1 Å². The SMILES string of the molecule is CCN(CCC1(C)CCCN1C)c1ncnc2[nH]ccc12. The van der Waals surface area contributed by atoms with Crippen LogP contribution in [0.3, 0.4) is 0 Å². The van der Waals surface area contributed by atoms with Crippen molar-refractivity contribution < 1.29 is 0 Å². The predicted molar refractivity (Wildman–Crippen MR) is 86.7 cm³/mol. The number of aromatic nitrogens is 3. The average molecular weight is 287 g/mol. The minimum Gasteiger partial charge on any atom is -0.356 e. The van der Waals surface area contributed by atoms with E-state index in [1.165, 1.54) is 25.8 Å². The largest absolute Gasteiger partial charge is 0.356 e. The maximum Gasteiger partial charge on any atom is 0.142 e. The van der Waals surface area contributed by atoms with E-state index in [1.807, 2.05) is 6.20 Å². The van der Waals surface area contributed by atoms with Crippen molar-refractivity contribution in [3.8, 4) is 0 Å². The second-order valence-corrected chi connectivity index (χ2v) is 6.29. The van der Waals surface area contributed by atoms with Crippen LogP contribution >= 0.6 is 0 Å². The normalized spacial score (nSPS) is 23.0. The Morgan fingerprint density at radius 1 is 1.43 bits per heavy atom. The number of fused-ring (bicyclic) bond motifs is 1. The molecule has 1 atom stereocenters. The Balaban J connectivity index is 1.78. The highest BCUT2D eigenvalue weighted by Crippen LogP contribution is 2.31. The van der Waals surface area contributed by atoms with E-state index >= 15 is 0 Å². The van der Waals surface area contributed by atoms with E-state index in [2.05, 4.69) is 51.7 Å². The molecule has 0 saturated carbocycles. The third kappa shape index (κ3) is 2.62. The highest BCUT2D eigenvalue weighted by molar-refractivity contribution is 5.87. The van der Waals surface area contributed by atoms with Gasteiger partial charge in [0.05, 0.1) is 5.39 Å². The molecule has 1 aliphatic rings. The zero-order valence-corrected chi connectivity index (χ0v) is 13.3. The molecule has 0 radical (unpaired) electrons. The molecule has 0 aliphatic carbocycles. The van der Waals surface area contributed by atoms with Gasteiger partial charge in [0.15, 0.2) is 0 Å². The summed E-state index contributed by atoms with van der Waals surface area (Å²) in [6, 6.07) is 2.07. The smallest absolute Gasteiger partial charge is 0.142 e. The van der Waals surface area contributed by atoms with Crippen LogP contribution < -0.4 is 4.90 Å². The molecule has 5 heteroatoms. The van der Waals surface area contributed by atoms with Gasteiger partial charge in [0, 0.05) is 24.8 Å². The maximum atomic E-state index is 4.52. The molecule has 2 aromatic rings. The van der Waals surface area contributed by atoms with Gasteiger partial charge in [0.1, 0.15) is 17.8 Å². The van der Waals surface area contributed by atoms with Crippen LogP contribution in [0.1, 0.15) is 33.1 Å². The molecule has 1 unspecified atom stereocenters. The van der Waals surface area contributed by atoms with E-state index in [0.29, 0.717) is 5.54 Å². The van der Waals surface area contributed by atoms with E-state index in [4.69, 9.17) is 0 Å². The number of likely N-dealkylation sites (tertiary alicyclic amines) is 1. The van der Waals surface area contributed by atoms with Gasteiger partial charge in [-0.05, 0) is 52.8 Å². The van der Waals surface area contributed by atoms with E-state index in [0.717, 1.165) is 29.9 Å². The van der Waals surface area contributed by atoms with Crippen molar-refractivity contribution in [3.05, 3.63) is 18.6 Å². The number of H-pyrrole nitrogens is 1. The molecule has 3 rings (SSSR count). The van der Waals surface area contributed by atoms with Gasteiger partial charge in [-0.25, -0.2) is 9.97 Å². The van der Waals surface area contributed by atoms with Crippen LogP contribution in [0.25, 0.3) is 11.0 Å². The first-order chi connectivity index (χ1) is 10.1. The lowest BCUT2D eigenvalue weighted by Gasteiger charge is -2.35. The maximum absolute atomic E-state index is 4.52. The minimum absolute atomic E-state index is 0.331. The zero-order chi connectivity index (χ0) is 14.9. The van der Waals surface area contributed by atoms with Gasteiger partial charge in [-0.1, -0.05) is 0 Å². The van der Waals surface area contributed by atoms with Crippen LogP contribution in [0, 0.1) is 0 Å². The molecule has 1 fully saturated rings. The number of hydrogen-bond donors (Lipinski definition) is 1. The Morgan fingerprint density at radius 3 is 3.00 bits per heavy atom. The first-order valence-corrected chi connectivity index (χ1v) is 7.88. The molecule has 1 N–H and O–H groups in total. The summed E-state index contributed by atoms with van der Waals surface area (Å²) in [5, 5.41) is 1.12. The van der Waals surface area contributed by atoms with Gasteiger partial charge in [-0.3, -0.25) is 0 Å². The number of nitrogens with one attached hydrogen (secondary N) is 1. The molecular formula is C16H25N5. The Labute approximate surface area is 126 Å².